The van der Waals surface area contributed by atoms with E-state index in [9.17, 15) is 35.1 Å². The minimum atomic E-state index is -1.49. The highest BCUT2D eigenvalue weighted by Gasteiger charge is 2.48. The van der Waals surface area contributed by atoms with Crippen LogP contribution < -0.4 is 0 Å². The van der Waals surface area contributed by atoms with Gasteiger partial charge in [-0.05, 0) is 42.7 Å². The molecule has 0 aromatic heterocycles. The molecule has 0 bridgehead atoms. The summed E-state index contributed by atoms with van der Waals surface area (Å²) in [5.41, 5.74) is -0.123. The van der Waals surface area contributed by atoms with E-state index in [2.05, 4.69) is 0 Å². The summed E-state index contributed by atoms with van der Waals surface area (Å²) in [4.78, 5) is 27.2. The maximum atomic E-state index is 13.6. The molecule has 5 atom stereocenters. The van der Waals surface area contributed by atoms with Gasteiger partial charge in [0.05, 0.1) is 24.4 Å². The SMILES string of the molecule is C[C@H]1O[C@H](O[C@@H]2C3=C(C(=O)c4cccc(O)c4C3=O)c3c(O)cc(CO)cc3[C@H]2O)CC[C@H]1O. The first-order chi connectivity index (χ1) is 16.2. The van der Waals surface area contributed by atoms with Crippen LogP contribution in [0.25, 0.3) is 5.57 Å². The second-order valence-electron chi connectivity index (χ2n) is 8.80. The maximum absolute atomic E-state index is 13.6. The Bertz CT molecular complexity index is 1230. The summed E-state index contributed by atoms with van der Waals surface area (Å²) in [6, 6.07) is 6.85. The number of carbonyl (C=O) groups excluding carboxylic acids is 2. The number of fused-ring (bicyclic) bond motifs is 3. The predicted molar refractivity (Wildman–Crippen MR) is 117 cm³/mol. The summed E-state index contributed by atoms with van der Waals surface area (Å²) in [6.07, 6.45) is -4.28. The second kappa shape index (κ2) is 8.30. The van der Waals surface area contributed by atoms with Gasteiger partial charge in [0.25, 0.3) is 0 Å². The number of hydrogen-bond acceptors (Lipinski definition) is 9. The average molecular weight is 468 g/mol. The lowest BCUT2D eigenvalue weighted by molar-refractivity contribution is -0.240. The summed E-state index contributed by atoms with van der Waals surface area (Å²) >= 11 is 0. The van der Waals surface area contributed by atoms with Crippen LogP contribution in [0, 0.1) is 0 Å². The fraction of sp³-hybridized carbons (Fsp3) is 0.360. The van der Waals surface area contributed by atoms with Crippen molar-refractivity contribution in [2.75, 3.05) is 0 Å². The van der Waals surface area contributed by atoms with Crippen molar-refractivity contribution in [1.29, 1.82) is 0 Å². The molecule has 9 nitrogen and oxygen atoms in total. The molecule has 5 rings (SSSR count). The third-order valence-corrected chi connectivity index (χ3v) is 6.69. The quantitative estimate of drug-likeness (QED) is 0.453. The van der Waals surface area contributed by atoms with Gasteiger partial charge in [0.15, 0.2) is 17.9 Å². The van der Waals surface area contributed by atoms with Gasteiger partial charge >= 0.3 is 0 Å². The zero-order valence-corrected chi connectivity index (χ0v) is 18.3. The molecule has 2 aromatic carbocycles. The Kier molecular flexibility index (Phi) is 5.54. The van der Waals surface area contributed by atoms with Gasteiger partial charge in [0, 0.05) is 28.7 Å². The molecular weight excluding hydrogens is 444 g/mol. The van der Waals surface area contributed by atoms with Crippen LogP contribution >= 0.6 is 0 Å². The number of rotatable bonds is 3. The van der Waals surface area contributed by atoms with Crippen LogP contribution in [0.3, 0.4) is 0 Å². The number of hydrogen-bond donors (Lipinski definition) is 5. The predicted octanol–water partition coefficient (Wildman–Crippen LogP) is 1.74. The van der Waals surface area contributed by atoms with E-state index in [0.717, 1.165) is 0 Å². The molecule has 0 amide bonds. The molecule has 1 aliphatic heterocycles. The summed E-state index contributed by atoms with van der Waals surface area (Å²) < 4.78 is 11.7. The summed E-state index contributed by atoms with van der Waals surface area (Å²) in [6.45, 7) is 1.25. The van der Waals surface area contributed by atoms with E-state index in [-0.39, 0.29) is 51.3 Å². The van der Waals surface area contributed by atoms with Gasteiger partial charge in [0.1, 0.15) is 23.7 Å². The zero-order valence-electron chi connectivity index (χ0n) is 18.3. The smallest absolute Gasteiger partial charge is 0.196 e. The van der Waals surface area contributed by atoms with E-state index in [1.54, 1.807) is 6.92 Å². The molecule has 0 spiro atoms. The Morgan fingerprint density at radius 3 is 2.50 bits per heavy atom. The van der Waals surface area contributed by atoms with Crippen LogP contribution in [0.1, 0.15) is 63.3 Å². The number of benzene rings is 2. The van der Waals surface area contributed by atoms with Gasteiger partial charge in [-0.2, -0.15) is 0 Å². The van der Waals surface area contributed by atoms with Crippen molar-refractivity contribution >= 4 is 17.1 Å². The lowest BCUT2D eigenvalue weighted by Crippen LogP contribution is -2.44. The molecule has 0 unspecified atom stereocenters. The number of allylic oxidation sites excluding steroid dienone is 1. The number of ether oxygens (including phenoxy) is 2. The normalized spacial score (nSPS) is 28.4. The van der Waals surface area contributed by atoms with Crippen LogP contribution in [0.2, 0.25) is 0 Å². The summed E-state index contributed by atoms with van der Waals surface area (Å²) in [5.74, 6) is -2.07. The third-order valence-electron chi connectivity index (χ3n) is 6.69. The number of phenols is 2. The molecule has 0 saturated carbocycles. The van der Waals surface area contributed by atoms with Gasteiger partial charge in [0.2, 0.25) is 0 Å². The Balaban J connectivity index is 1.70. The molecule has 9 heteroatoms. The monoisotopic (exact) mass is 468 g/mol. The van der Waals surface area contributed by atoms with Crippen molar-refractivity contribution in [3.05, 3.63) is 63.7 Å². The van der Waals surface area contributed by atoms with E-state index in [0.29, 0.717) is 12.0 Å². The molecule has 1 heterocycles. The first-order valence-electron chi connectivity index (χ1n) is 11.0. The fourth-order valence-electron chi connectivity index (χ4n) is 4.97. The Labute approximate surface area is 194 Å². The van der Waals surface area contributed by atoms with E-state index in [1.807, 2.05) is 0 Å². The Morgan fingerprint density at radius 1 is 1.03 bits per heavy atom. The average Bonchev–Trinajstić information content (AvgIpc) is 2.81. The Hall–Kier alpha value is -3.08. The third kappa shape index (κ3) is 3.36. The van der Waals surface area contributed by atoms with Crippen molar-refractivity contribution in [3.8, 4) is 11.5 Å². The number of phenolic OH excluding ortho intramolecular Hbond substituents is 2. The molecule has 178 valence electrons. The molecule has 3 aliphatic rings. The molecular formula is C25H24O9. The number of carbonyl (C=O) groups is 2. The van der Waals surface area contributed by atoms with E-state index in [1.165, 1.54) is 30.3 Å². The first kappa shape index (κ1) is 22.7. The van der Waals surface area contributed by atoms with E-state index < -0.39 is 48.9 Å². The fourth-order valence-corrected chi connectivity index (χ4v) is 4.97. The van der Waals surface area contributed by atoms with E-state index >= 15 is 0 Å². The molecule has 34 heavy (non-hydrogen) atoms. The van der Waals surface area contributed by atoms with Crippen molar-refractivity contribution in [2.24, 2.45) is 0 Å². The van der Waals surface area contributed by atoms with Crippen LogP contribution in [0.4, 0.5) is 0 Å². The number of aliphatic hydroxyl groups is 3. The minimum absolute atomic E-state index is 0.0137. The van der Waals surface area contributed by atoms with Crippen LogP contribution in [0.5, 0.6) is 11.5 Å². The second-order valence-corrected chi connectivity index (χ2v) is 8.80. The van der Waals surface area contributed by atoms with Gasteiger partial charge in [-0.1, -0.05) is 12.1 Å². The molecule has 0 radical (unpaired) electrons. The van der Waals surface area contributed by atoms with Gasteiger partial charge in [-0.15, -0.1) is 0 Å². The van der Waals surface area contributed by atoms with E-state index in [4.69, 9.17) is 9.47 Å². The van der Waals surface area contributed by atoms with Gasteiger partial charge in [-0.25, -0.2) is 0 Å². The number of ketones is 2. The molecule has 1 fully saturated rings. The maximum Gasteiger partial charge on any atom is 0.196 e. The highest BCUT2D eigenvalue weighted by Crippen LogP contribution is 2.49. The van der Waals surface area contributed by atoms with Crippen LogP contribution in [-0.2, 0) is 16.1 Å². The number of aromatic hydroxyl groups is 2. The molecule has 2 aliphatic carbocycles. The van der Waals surface area contributed by atoms with Crippen LogP contribution in [0.15, 0.2) is 35.9 Å². The Morgan fingerprint density at radius 2 is 1.79 bits per heavy atom. The van der Waals surface area contributed by atoms with Crippen molar-refractivity contribution in [1.82, 2.24) is 0 Å². The number of aliphatic hydroxyl groups excluding tert-OH is 3. The van der Waals surface area contributed by atoms with Crippen molar-refractivity contribution < 1.29 is 44.6 Å². The lowest BCUT2D eigenvalue weighted by Gasteiger charge is -2.39. The molecule has 1 saturated heterocycles. The lowest BCUT2D eigenvalue weighted by atomic mass is 9.71. The largest absolute Gasteiger partial charge is 0.507 e. The standard InChI is InChI=1S/C25H24O9/c1-10-14(27)5-6-17(33-10)34-25-21-20(18-13(23(25)31)7-11(9-26)8-16(18)29)22(30)12-3-2-4-15(28)19(12)24(21)32/h2-4,7-8,10,14,17,23,25-29,31H,5-6,9H2,1H3/t10-,14-,17-,23-,25-/m1/s1. The van der Waals surface area contributed by atoms with Crippen molar-refractivity contribution in [3.63, 3.8) is 0 Å². The van der Waals surface area contributed by atoms with Gasteiger partial charge < -0.3 is 35.0 Å². The summed E-state index contributed by atoms with van der Waals surface area (Å²) in [7, 11) is 0. The zero-order chi connectivity index (χ0) is 24.3. The molecule has 2 aromatic rings. The highest BCUT2D eigenvalue weighted by molar-refractivity contribution is 6.42. The van der Waals surface area contributed by atoms with Crippen molar-refractivity contribution in [2.45, 2.75) is 57.1 Å². The summed E-state index contributed by atoms with van der Waals surface area (Å²) in [5, 5.41) is 51.9. The minimum Gasteiger partial charge on any atom is -0.507 e. The van der Waals surface area contributed by atoms with Gasteiger partial charge in [-0.3, -0.25) is 9.59 Å². The highest BCUT2D eigenvalue weighted by atomic mass is 16.7. The first-order valence-corrected chi connectivity index (χ1v) is 11.0. The number of Topliss-reactive ketones (excluding diaryl/α,β-unsaturated/α-hetero) is 2. The molecule has 5 N–H and O–H groups in total. The topological polar surface area (TPSA) is 154 Å². The van der Waals surface area contributed by atoms with Crippen LogP contribution in [-0.4, -0.2) is 61.7 Å².